The van der Waals surface area contributed by atoms with E-state index in [1.54, 1.807) is 62.4 Å². The van der Waals surface area contributed by atoms with Crippen molar-refractivity contribution in [2.24, 2.45) is 0 Å². The molecule has 1 spiro atoms. The van der Waals surface area contributed by atoms with Crippen LogP contribution < -0.4 is 14.2 Å². The SMILES string of the molecule is C[C@H]1O[C@@H](Oc2ccc3c(c2)Oc2cc(O[C@@H]4O[C@H](C)[C@@H](O)[C@H](O)[C@H]4O)ccc2C32OC(=O)c3ccccc32)[C@H](O)[C@@H](O)[C@@H]1O. The van der Waals surface area contributed by atoms with Gasteiger partial charge < -0.3 is 59.1 Å². The summed E-state index contributed by atoms with van der Waals surface area (Å²) in [6.45, 7) is 3.08. The predicted octanol–water partition coefficient (Wildman–Crippen LogP) is 0.667. The fourth-order valence-electron chi connectivity index (χ4n) is 6.27. The van der Waals surface area contributed by atoms with Crippen LogP contribution in [0.4, 0.5) is 0 Å². The lowest BCUT2D eigenvalue weighted by Crippen LogP contribution is -2.58. The highest BCUT2D eigenvalue weighted by Gasteiger charge is 2.54. The van der Waals surface area contributed by atoms with Crippen LogP contribution in [0.5, 0.6) is 23.0 Å². The minimum absolute atomic E-state index is 0.192. The highest BCUT2D eigenvalue weighted by molar-refractivity contribution is 5.97. The molecule has 0 aromatic heterocycles. The van der Waals surface area contributed by atoms with Gasteiger partial charge in [-0.25, -0.2) is 4.79 Å². The summed E-state index contributed by atoms with van der Waals surface area (Å²) >= 11 is 0. The van der Waals surface area contributed by atoms with Crippen molar-refractivity contribution in [2.45, 2.75) is 80.9 Å². The van der Waals surface area contributed by atoms with E-state index in [1.807, 2.05) is 0 Å². The van der Waals surface area contributed by atoms with Crippen LogP contribution >= 0.6 is 0 Å². The number of fused-ring (bicyclic) bond motifs is 6. The molecule has 7 rings (SSSR count). The molecular formula is C32H32O13. The average molecular weight is 625 g/mol. The van der Waals surface area contributed by atoms with E-state index >= 15 is 0 Å². The Balaban J connectivity index is 1.27. The Morgan fingerprint density at radius 1 is 0.622 bits per heavy atom. The van der Waals surface area contributed by atoms with Gasteiger partial charge in [-0.05, 0) is 44.2 Å². The molecule has 4 heterocycles. The van der Waals surface area contributed by atoms with Gasteiger partial charge in [0.2, 0.25) is 12.6 Å². The zero-order valence-electron chi connectivity index (χ0n) is 24.1. The summed E-state index contributed by atoms with van der Waals surface area (Å²) in [4.78, 5) is 13.2. The summed E-state index contributed by atoms with van der Waals surface area (Å²) in [5.74, 6) is 0.323. The number of aliphatic hydroxyl groups excluding tert-OH is 6. The summed E-state index contributed by atoms with van der Waals surface area (Å²) in [5, 5.41) is 61.5. The van der Waals surface area contributed by atoms with Gasteiger partial charge in [-0.2, -0.15) is 0 Å². The van der Waals surface area contributed by atoms with Crippen LogP contribution in [-0.2, 0) is 19.8 Å². The molecule has 4 aliphatic heterocycles. The van der Waals surface area contributed by atoms with Crippen LogP contribution in [0.2, 0.25) is 0 Å². The van der Waals surface area contributed by atoms with Crippen molar-refractivity contribution < 1.29 is 63.9 Å². The topological polar surface area (TPSA) is 194 Å². The first-order valence-corrected chi connectivity index (χ1v) is 14.5. The Kier molecular flexibility index (Phi) is 7.26. The summed E-state index contributed by atoms with van der Waals surface area (Å²) in [6, 6.07) is 16.5. The van der Waals surface area contributed by atoms with Crippen molar-refractivity contribution in [1.29, 1.82) is 0 Å². The molecule has 0 amide bonds. The zero-order valence-corrected chi connectivity index (χ0v) is 24.1. The number of esters is 1. The molecule has 6 N–H and O–H groups in total. The van der Waals surface area contributed by atoms with Crippen molar-refractivity contribution in [3.05, 3.63) is 82.9 Å². The molecule has 4 aliphatic rings. The van der Waals surface area contributed by atoms with E-state index in [0.717, 1.165) is 0 Å². The number of aliphatic hydroxyl groups is 6. The first-order valence-electron chi connectivity index (χ1n) is 14.5. The average Bonchev–Trinajstić information content (AvgIpc) is 3.32. The molecule has 45 heavy (non-hydrogen) atoms. The second kappa shape index (κ2) is 10.9. The molecule has 13 heteroatoms. The summed E-state index contributed by atoms with van der Waals surface area (Å²) in [5.41, 5.74) is 0.508. The lowest BCUT2D eigenvalue weighted by Gasteiger charge is -2.40. The Labute approximate surface area is 256 Å². The number of benzene rings is 3. The lowest BCUT2D eigenvalue weighted by molar-refractivity contribution is -0.268. The smallest absolute Gasteiger partial charge is 0.340 e. The van der Waals surface area contributed by atoms with Gasteiger partial charge >= 0.3 is 5.97 Å². The Morgan fingerprint density at radius 3 is 1.62 bits per heavy atom. The number of ether oxygens (including phenoxy) is 6. The molecular weight excluding hydrogens is 592 g/mol. The molecule has 3 aromatic rings. The van der Waals surface area contributed by atoms with E-state index in [9.17, 15) is 35.4 Å². The van der Waals surface area contributed by atoms with E-state index in [4.69, 9.17) is 28.4 Å². The summed E-state index contributed by atoms with van der Waals surface area (Å²) in [6.07, 6.45) is -12.9. The molecule has 0 radical (unpaired) electrons. The highest BCUT2D eigenvalue weighted by Crippen LogP contribution is 2.57. The van der Waals surface area contributed by atoms with E-state index in [0.29, 0.717) is 22.3 Å². The third kappa shape index (κ3) is 4.66. The minimum atomic E-state index is -1.54. The molecule has 10 atom stereocenters. The maximum Gasteiger partial charge on any atom is 0.340 e. The van der Waals surface area contributed by atoms with Gasteiger partial charge in [-0.3, -0.25) is 0 Å². The summed E-state index contributed by atoms with van der Waals surface area (Å²) < 4.78 is 35.4. The standard InChI is InChI=1S/C32H32O13/c1-13-23(33)25(35)27(37)30(40-13)42-15-7-9-19-21(11-15)44-22-12-16(43-31-28(38)26(36)24(34)14(2)41-31)8-10-20(22)32(19)18-6-4-3-5-17(18)29(39)45-32/h3-14,23-28,30-31,33-38H,1-2H3/t13-,14-,23-,24-,25+,26+,27-,28-,30+,31+/m1/s1. The molecule has 0 unspecified atom stereocenters. The van der Waals surface area contributed by atoms with E-state index in [1.165, 1.54) is 12.1 Å². The van der Waals surface area contributed by atoms with Crippen molar-refractivity contribution in [3.63, 3.8) is 0 Å². The van der Waals surface area contributed by atoms with Crippen molar-refractivity contribution >= 4 is 5.97 Å². The molecule has 13 nitrogen and oxygen atoms in total. The second-order valence-electron chi connectivity index (χ2n) is 11.6. The number of carbonyl (C=O) groups is 1. The third-order valence-electron chi connectivity index (χ3n) is 8.78. The van der Waals surface area contributed by atoms with Gasteiger partial charge in [0.1, 0.15) is 59.6 Å². The first-order chi connectivity index (χ1) is 21.5. The number of hydrogen-bond acceptors (Lipinski definition) is 13. The number of rotatable bonds is 4. The summed E-state index contributed by atoms with van der Waals surface area (Å²) in [7, 11) is 0. The van der Waals surface area contributed by atoms with Gasteiger partial charge in [-0.1, -0.05) is 18.2 Å². The van der Waals surface area contributed by atoms with E-state index in [-0.39, 0.29) is 23.0 Å². The van der Waals surface area contributed by atoms with E-state index in [2.05, 4.69) is 0 Å². The molecule has 0 saturated carbocycles. The first kappa shape index (κ1) is 29.9. The molecule has 0 bridgehead atoms. The molecule has 238 valence electrons. The molecule has 0 aliphatic carbocycles. The molecule has 3 aromatic carbocycles. The third-order valence-corrected chi connectivity index (χ3v) is 8.78. The normalized spacial score (nSPS) is 34.6. The predicted molar refractivity (Wildman–Crippen MR) is 151 cm³/mol. The maximum absolute atomic E-state index is 13.2. The van der Waals surface area contributed by atoms with Gasteiger partial charge in [-0.15, -0.1) is 0 Å². The molecule has 2 fully saturated rings. The van der Waals surface area contributed by atoms with Gasteiger partial charge in [0.05, 0.1) is 17.8 Å². The zero-order chi connectivity index (χ0) is 31.8. The van der Waals surface area contributed by atoms with E-state index < -0.39 is 73.0 Å². The van der Waals surface area contributed by atoms with Crippen LogP contribution in [0.15, 0.2) is 60.7 Å². The monoisotopic (exact) mass is 624 g/mol. The molecule has 2 saturated heterocycles. The Bertz CT molecular complexity index is 1540. The Hall–Kier alpha value is -3.79. The van der Waals surface area contributed by atoms with Crippen LogP contribution in [-0.4, -0.2) is 98.0 Å². The van der Waals surface area contributed by atoms with Crippen LogP contribution in [0.3, 0.4) is 0 Å². The Morgan fingerprint density at radius 2 is 1.11 bits per heavy atom. The fraction of sp³-hybridized carbons (Fsp3) is 0.406. The number of carbonyl (C=O) groups excluding carboxylic acids is 1. The van der Waals surface area contributed by atoms with Gasteiger partial charge in [0.15, 0.2) is 5.60 Å². The minimum Gasteiger partial charge on any atom is -0.462 e. The van der Waals surface area contributed by atoms with Gasteiger partial charge in [0, 0.05) is 28.8 Å². The highest BCUT2D eigenvalue weighted by atomic mass is 16.7. The lowest BCUT2D eigenvalue weighted by atomic mass is 9.77. The quantitative estimate of drug-likeness (QED) is 0.222. The van der Waals surface area contributed by atoms with Crippen molar-refractivity contribution in [3.8, 4) is 23.0 Å². The fourth-order valence-corrected chi connectivity index (χ4v) is 6.27. The maximum atomic E-state index is 13.2. The van der Waals surface area contributed by atoms with Crippen molar-refractivity contribution in [2.75, 3.05) is 0 Å². The largest absolute Gasteiger partial charge is 0.462 e. The van der Waals surface area contributed by atoms with Crippen LogP contribution in [0.25, 0.3) is 0 Å². The van der Waals surface area contributed by atoms with Crippen LogP contribution in [0.1, 0.15) is 40.9 Å². The second-order valence-corrected chi connectivity index (χ2v) is 11.6. The van der Waals surface area contributed by atoms with Crippen molar-refractivity contribution in [1.82, 2.24) is 0 Å². The van der Waals surface area contributed by atoms with Gasteiger partial charge in [0.25, 0.3) is 0 Å². The van der Waals surface area contributed by atoms with Crippen LogP contribution in [0, 0.1) is 0 Å². The number of hydrogen-bond donors (Lipinski definition) is 6.